The topological polar surface area (TPSA) is 35.6 Å². The van der Waals surface area contributed by atoms with E-state index in [9.17, 15) is 4.79 Å². The van der Waals surface area contributed by atoms with Crippen molar-refractivity contribution in [3.63, 3.8) is 0 Å². The molecule has 3 fully saturated rings. The standard InChI is InChI=1S/C13H23N3O/c17-13(11-1-2-11)16-9-7-15(8-10-16)12-3-5-14-6-4-12/h11-12,14H,1-10H2. The van der Waals surface area contributed by atoms with Crippen molar-refractivity contribution in [2.75, 3.05) is 39.3 Å². The van der Waals surface area contributed by atoms with Crippen molar-refractivity contribution >= 4 is 5.91 Å². The minimum atomic E-state index is 0.389. The Morgan fingerprint density at radius 1 is 0.941 bits per heavy atom. The van der Waals surface area contributed by atoms with Crippen LogP contribution in [0, 0.1) is 5.92 Å². The van der Waals surface area contributed by atoms with Gasteiger partial charge in [-0.05, 0) is 38.8 Å². The van der Waals surface area contributed by atoms with Gasteiger partial charge in [-0.2, -0.15) is 0 Å². The van der Waals surface area contributed by atoms with E-state index in [0.717, 1.165) is 58.2 Å². The van der Waals surface area contributed by atoms with Gasteiger partial charge in [-0.15, -0.1) is 0 Å². The molecule has 0 radical (unpaired) electrons. The first-order valence-electron chi connectivity index (χ1n) is 7.08. The molecule has 4 nitrogen and oxygen atoms in total. The van der Waals surface area contributed by atoms with Gasteiger partial charge in [0.05, 0.1) is 0 Å². The zero-order valence-corrected chi connectivity index (χ0v) is 10.5. The van der Waals surface area contributed by atoms with Gasteiger partial charge in [0.15, 0.2) is 0 Å². The van der Waals surface area contributed by atoms with E-state index in [2.05, 4.69) is 15.1 Å². The molecule has 17 heavy (non-hydrogen) atoms. The van der Waals surface area contributed by atoms with E-state index in [0.29, 0.717) is 11.8 Å². The number of hydrogen-bond donors (Lipinski definition) is 1. The molecule has 4 heteroatoms. The maximum absolute atomic E-state index is 11.9. The summed E-state index contributed by atoms with van der Waals surface area (Å²) in [6.45, 7) is 6.41. The number of rotatable bonds is 2. The summed E-state index contributed by atoms with van der Waals surface area (Å²) in [5, 5.41) is 3.41. The molecule has 0 unspecified atom stereocenters. The maximum Gasteiger partial charge on any atom is 0.225 e. The van der Waals surface area contributed by atoms with Gasteiger partial charge in [-0.1, -0.05) is 0 Å². The zero-order chi connectivity index (χ0) is 11.7. The highest BCUT2D eigenvalue weighted by Gasteiger charge is 2.35. The number of carbonyl (C=O) groups excluding carboxylic acids is 1. The number of carbonyl (C=O) groups is 1. The quantitative estimate of drug-likeness (QED) is 0.750. The van der Waals surface area contributed by atoms with E-state index in [1.54, 1.807) is 0 Å². The summed E-state index contributed by atoms with van der Waals surface area (Å²) in [4.78, 5) is 16.6. The zero-order valence-electron chi connectivity index (χ0n) is 10.5. The molecular formula is C13H23N3O. The first-order valence-corrected chi connectivity index (χ1v) is 7.08. The molecule has 1 amide bonds. The molecule has 96 valence electrons. The first kappa shape index (κ1) is 11.5. The highest BCUT2D eigenvalue weighted by atomic mass is 16.2. The SMILES string of the molecule is O=C(C1CC1)N1CCN(C2CCNCC2)CC1. The number of piperazine rings is 1. The molecule has 3 rings (SSSR count). The highest BCUT2D eigenvalue weighted by molar-refractivity contribution is 5.81. The molecule has 2 aliphatic heterocycles. The van der Waals surface area contributed by atoms with E-state index < -0.39 is 0 Å². The van der Waals surface area contributed by atoms with E-state index >= 15 is 0 Å². The van der Waals surface area contributed by atoms with Crippen LogP contribution in [0.3, 0.4) is 0 Å². The second-order valence-electron chi connectivity index (χ2n) is 5.62. The van der Waals surface area contributed by atoms with E-state index in [1.165, 1.54) is 12.8 Å². The largest absolute Gasteiger partial charge is 0.340 e. The van der Waals surface area contributed by atoms with Gasteiger partial charge in [0.2, 0.25) is 5.91 Å². The summed E-state index contributed by atoms with van der Waals surface area (Å²) in [6.07, 6.45) is 4.81. The predicted octanol–water partition coefficient (Wildman–Crippen LogP) is 0.293. The normalized spacial score (nSPS) is 28.4. The predicted molar refractivity (Wildman–Crippen MR) is 66.8 cm³/mol. The fourth-order valence-electron chi connectivity index (χ4n) is 3.07. The Morgan fingerprint density at radius 3 is 2.18 bits per heavy atom. The van der Waals surface area contributed by atoms with Crippen LogP contribution in [-0.4, -0.2) is 61.0 Å². The van der Waals surface area contributed by atoms with E-state index in [4.69, 9.17) is 0 Å². The van der Waals surface area contributed by atoms with Gasteiger partial charge in [-0.3, -0.25) is 9.69 Å². The summed E-state index contributed by atoms with van der Waals surface area (Å²) >= 11 is 0. The van der Waals surface area contributed by atoms with Crippen molar-refractivity contribution < 1.29 is 4.79 Å². The number of hydrogen-bond acceptors (Lipinski definition) is 3. The third-order valence-corrected chi connectivity index (χ3v) is 4.38. The molecule has 0 bridgehead atoms. The first-order chi connectivity index (χ1) is 8.34. The number of nitrogens with one attached hydrogen (secondary N) is 1. The lowest BCUT2D eigenvalue weighted by Crippen LogP contribution is -2.54. The molecule has 2 saturated heterocycles. The molecule has 0 aromatic carbocycles. The Balaban J connectivity index is 1.47. The molecule has 0 aromatic rings. The summed E-state index contributed by atoms with van der Waals surface area (Å²) in [7, 11) is 0. The van der Waals surface area contributed by atoms with Gasteiger partial charge in [0.1, 0.15) is 0 Å². The Bertz CT molecular complexity index is 276. The minimum absolute atomic E-state index is 0.389. The lowest BCUT2D eigenvalue weighted by Gasteiger charge is -2.41. The third kappa shape index (κ3) is 2.63. The Labute approximate surface area is 103 Å². The summed E-state index contributed by atoms with van der Waals surface area (Å²) in [5.41, 5.74) is 0. The molecule has 0 spiro atoms. The van der Waals surface area contributed by atoms with Gasteiger partial charge < -0.3 is 10.2 Å². The van der Waals surface area contributed by atoms with Crippen LogP contribution in [0.5, 0.6) is 0 Å². The van der Waals surface area contributed by atoms with Crippen molar-refractivity contribution in [1.29, 1.82) is 0 Å². The summed E-state index contributed by atoms with van der Waals surface area (Å²) in [6, 6.07) is 0.759. The Kier molecular flexibility index (Phi) is 3.34. The van der Waals surface area contributed by atoms with Crippen molar-refractivity contribution in [2.45, 2.75) is 31.7 Å². The van der Waals surface area contributed by atoms with Crippen LogP contribution >= 0.6 is 0 Å². The second kappa shape index (κ2) is 4.94. The monoisotopic (exact) mass is 237 g/mol. The van der Waals surface area contributed by atoms with Gasteiger partial charge in [0.25, 0.3) is 0 Å². The lowest BCUT2D eigenvalue weighted by atomic mass is 10.0. The van der Waals surface area contributed by atoms with E-state index in [1.807, 2.05) is 0 Å². The number of nitrogens with zero attached hydrogens (tertiary/aromatic N) is 2. The molecule has 1 N–H and O–H groups in total. The van der Waals surface area contributed by atoms with Crippen LogP contribution in [-0.2, 0) is 4.79 Å². The van der Waals surface area contributed by atoms with Crippen molar-refractivity contribution in [1.82, 2.24) is 15.1 Å². The molecule has 3 aliphatic rings. The van der Waals surface area contributed by atoms with Crippen LogP contribution in [0.1, 0.15) is 25.7 Å². The smallest absolute Gasteiger partial charge is 0.225 e. The lowest BCUT2D eigenvalue weighted by molar-refractivity contribution is -0.134. The molecular weight excluding hydrogens is 214 g/mol. The molecule has 1 aliphatic carbocycles. The Hall–Kier alpha value is -0.610. The Morgan fingerprint density at radius 2 is 1.59 bits per heavy atom. The van der Waals surface area contributed by atoms with Crippen LogP contribution in [0.15, 0.2) is 0 Å². The minimum Gasteiger partial charge on any atom is -0.340 e. The summed E-state index contributed by atoms with van der Waals surface area (Å²) in [5.74, 6) is 0.815. The average Bonchev–Trinajstić information content (AvgIpc) is 3.24. The van der Waals surface area contributed by atoms with Gasteiger partial charge >= 0.3 is 0 Å². The second-order valence-corrected chi connectivity index (χ2v) is 5.62. The van der Waals surface area contributed by atoms with Crippen LogP contribution in [0.25, 0.3) is 0 Å². The average molecular weight is 237 g/mol. The summed E-state index contributed by atoms with van der Waals surface area (Å²) < 4.78 is 0. The maximum atomic E-state index is 11.9. The fourth-order valence-corrected chi connectivity index (χ4v) is 3.07. The number of amides is 1. The van der Waals surface area contributed by atoms with Crippen molar-refractivity contribution in [3.8, 4) is 0 Å². The van der Waals surface area contributed by atoms with Crippen LogP contribution in [0.2, 0.25) is 0 Å². The van der Waals surface area contributed by atoms with Crippen LogP contribution < -0.4 is 5.32 Å². The number of piperidine rings is 1. The van der Waals surface area contributed by atoms with Gasteiger partial charge in [0, 0.05) is 38.1 Å². The van der Waals surface area contributed by atoms with Crippen LogP contribution in [0.4, 0.5) is 0 Å². The molecule has 1 saturated carbocycles. The molecule has 2 heterocycles. The third-order valence-electron chi connectivity index (χ3n) is 4.38. The van der Waals surface area contributed by atoms with Crippen molar-refractivity contribution in [3.05, 3.63) is 0 Å². The highest BCUT2D eigenvalue weighted by Crippen LogP contribution is 2.31. The molecule has 0 aromatic heterocycles. The molecule has 0 atom stereocenters. The van der Waals surface area contributed by atoms with E-state index in [-0.39, 0.29) is 0 Å². The van der Waals surface area contributed by atoms with Crippen molar-refractivity contribution in [2.24, 2.45) is 5.92 Å². The fraction of sp³-hybridized carbons (Fsp3) is 0.923. The van der Waals surface area contributed by atoms with Gasteiger partial charge in [-0.25, -0.2) is 0 Å².